The SMILES string of the molecule is O=C1CCC(=[N+]2CC(c3ccc(N4CCNCC4)cc3)=CC2=O)C(=O)N1. The molecule has 2 saturated heterocycles. The number of carbonyl (C=O) groups is 3. The molecular weight excluding hydrogens is 332 g/mol. The Balaban J connectivity index is 1.52. The molecule has 4 rings (SSSR count). The summed E-state index contributed by atoms with van der Waals surface area (Å²) in [6.45, 7) is 4.31. The Morgan fingerprint density at radius 1 is 0.962 bits per heavy atom. The fraction of sp³-hybridized carbons (Fsp3) is 0.368. The minimum atomic E-state index is -0.460. The van der Waals surface area contributed by atoms with Gasteiger partial charge in [0.2, 0.25) is 5.91 Å². The summed E-state index contributed by atoms with van der Waals surface area (Å²) in [7, 11) is 0. The van der Waals surface area contributed by atoms with Gasteiger partial charge >= 0.3 is 11.8 Å². The molecule has 3 aliphatic heterocycles. The van der Waals surface area contributed by atoms with E-state index >= 15 is 0 Å². The first-order valence-electron chi connectivity index (χ1n) is 8.90. The molecule has 0 unspecified atom stereocenters. The number of piperidine rings is 1. The third-order valence-electron chi connectivity index (χ3n) is 5.04. The average Bonchev–Trinajstić information content (AvgIpc) is 3.04. The molecule has 1 aromatic rings. The molecule has 2 fully saturated rings. The van der Waals surface area contributed by atoms with Gasteiger partial charge in [-0.25, -0.2) is 4.79 Å². The standard InChI is InChI=1S/C19H20N4O3/c24-17-6-5-16(19(26)21-17)23-12-14(11-18(23)25)13-1-3-15(4-2-13)22-9-7-20-8-10-22/h1-4,11,20H,5-10,12H2/p+1. The van der Waals surface area contributed by atoms with E-state index in [1.54, 1.807) is 6.08 Å². The van der Waals surface area contributed by atoms with Crippen LogP contribution >= 0.6 is 0 Å². The third kappa shape index (κ3) is 3.17. The van der Waals surface area contributed by atoms with Gasteiger partial charge in [-0.1, -0.05) is 12.1 Å². The van der Waals surface area contributed by atoms with E-state index in [0.29, 0.717) is 18.7 Å². The smallest absolute Gasteiger partial charge is 0.369 e. The Labute approximate surface area is 151 Å². The van der Waals surface area contributed by atoms with Crippen LogP contribution < -0.4 is 15.5 Å². The van der Waals surface area contributed by atoms with E-state index < -0.39 is 5.91 Å². The number of amides is 3. The monoisotopic (exact) mass is 353 g/mol. The normalized spacial score (nSPS) is 23.9. The zero-order chi connectivity index (χ0) is 18.1. The van der Waals surface area contributed by atoms with E-state index in [0.717, 1.165) is 37.3 Å². The molecule has 0 atom stereocenters. The van der Waals surface area contributed by atoms with Gasteiger partial charge in [0.05, 0.1) is 6.08 Å². The van der Waals surface area contributed by atoms with Crippen LogP contribution in [-0.2, 0) is 14.4 Å². The number of carbonyl (C=O) groups excluding carboxylic acids is 3. The summed E-state index contributed by atoms with van der Waals surface area (Å²) in [4.78, 5) is 38.0. The molecule has 7 nitrogen and oxygen atoms in total. The first-order chi connectivity index (χ1) is 12.6. The first-order valence-corrected chi connectivity index (χ1v) is 8.90. The summed E-state index contributed by atoms with van der Waals surface area (Å²) in [5.74, 6) is -0.953. The highest BCUT2D eigenvalue weighted by Crippen LogP contribution is 2.24. The van der Waals surface area contributed by atoms with Crippen molar-refractivity contribution in [3.63, 3.8) is 0 Å². The van der Waals surface area contributed by atoms with Gasteiger partial charge in [-0.3, -0.25) is 14.9 Å². The van der Waals surface area contributed by atoms with Crippen LogP contribution in [0.1, 0.15) is 18.4 Å². The van der Waals surface area contributed by atoms with Crippen LogP contribution in [0.25, 0.3) is 5.57 Å². The summed E-state index contributed by atoms with van der Waals surface area (Å²) < 4.78 is 1.47. The Kier molecular flexibility index (Phi) is 4.38. The number of benzene rings is 1. The lowest BCUT2D eigenvalue weighted by Gasteiger charge is -2.29. The molecule has 134 valence electrons. The minimum Gasteiger partial charge on any atom is -0.369 e. The second-order valence-corrected chi connectivity index (χ2v) is 6.70. The van der Waals surface area contributed by atoms with Crippen LogP contribution in [0, 0.1) is 0 Å². The molecule has 3 amide bonds. The molecule has 26 heavy (non-hydrogen) atoms. The Morgan fingerprint density at radius 2 is 1.69 bits per heavy atom. The van der Waals surface area contributed by atoms with Crippen molar-refractivity contribution in [3.05, 3.63) is 35.9 Å². The van der Waals surface area contributed by atoms with Gasteiger partial charge in [0.1, 0.15) is 0 Å². The lowest BCUT2D eigenvalue weighted by atomic mass is 10.1. The number of rotatable bonds is 2. The van der Waals surface area contributed by atoms with Gasteiger partial charge in [0, 0.05) is 50.3 Å². The highest BCUT2D eigenvalue weighted by atomic mass is 16.2. The molecule has 0 bridgehead atoms. The van der Waals surface area contributed by atoms with Gasteiger partial charge < -0.3 is 10.2 Å². The summed E-state index contributed by atoms with van der Waals surface area (Å²) in [6, 6.07) is 8.20. The maximum atomic E-state index is 12.3. The fourth-order valence-electron chi connectivity index (χ4n) is 3.60. The van der Waals surface area contributed by atoms with Crippen molar-refractivity contribution < 1.29 is 19.0 Å². The van der Waals surface area contributed by atoms with Crippen LogP contribution in [0.4, 0.5) is 5.69 Å². The highest BCUT2D eigenvalue weighted by Gasteiger charge is 2.37. The first kappa shape index (κ1) is 16.7. The number of imide groups is 1. The van der Waals surface area contributed by atoms with Crippen molar-refractivity contribution in [1.29, 1.82) is 0 Å². The van der Waals surface area contributed by atoms with Gasteiger partial charge in [0.15, 0.2) is 6.54 Å². The third-order valence-corrected chi connectivity index (χ3v) is 5.04. The molecule has 3 heterocycles. The highest BCUT2D eigenvalue weighted by molar-refractivity contribution is 6.42. The van der Waals surface area contributed by atoms with E-state index in [9.17, 15) is 14.4 Å². The molecule has 3 aliphatic rings. The molecule has 0 radical (unpaired) electrons. The van der Waals surface area contributed by atoms with Crippen LogP contribution in [0.5, 0.6) is 0 Å². The van der Waals surface area contributed by atoms with Crippen LogP contribution in [0.3, 0.4) is 0 Å². The fourth-order valence-corrected chi connectivity index (χ4v) is 3.60. The van der Waals surface area contributed by atoms with E-state index in [1.807, 2.05) is 12.1 Å². The van der Waals surface area contributed by atoms with E-state index in [-0.39, 0.29) is 18.2 Å². The molecule has 0 spiro atoms. The molecule has 1 aromatic carbocycles. The quantitative estimate of drug-likeness (QED) is 0.574. The molecule has 0 aromatic heterocycles. The van der Waals surface area contributed by atoms with Crippen LogP contribution in [-0.4, -0.2) is 60.7 Å². The van der Waals surface area contributed by atoms with Gasteiger partial charge in [-0.05, 0) is 17.7 Å². The van der Waals surface area contributed by atoms with Crippen molar-refractivity contribution in [2.45, 2.75) is 12.8 Å². The predicted molar refractivity (Wildman–Crippen MR) is 97.0 cm³/mol. The number of piperazine rings is 1. The van der Waals surface area contributed by atoms with Crippen molar-refractivity contribution in [2.75, 3.05) is 37.6 Å². The average molecular weight is 353 g/mol. The number of anilines is 1. The number of nitrogens with one attached hydrogen (secondary N) is 2. The van der Waals surface area contributed by atoms with E-state index in [2.05, 4.69) is 27.7 Å². The minimum absolute atomic E-state index is 0.203. The molecule has 0 saturated carbocycles. The largest absolute Gasteiger partial charge is 0.413 e. The Bertz CT molecular complexity index is 833. The van der Waals surface area contributed by atoms with Crippen molar-refractivity contribution in [2.24, 2.45) is 0 Å². The zero-order valence-electron chi connectivity index (χ0n) is 14.5. The maximum absolute atomic E-state index is 12.3. The van der Waals surface area contributed by atoms with E-state index in [1.165, 1.54) is 10.3 Å². The predicted octanol–water partition coefficient (Wildman–Crippen LogP) is -0.0901. The maximum Gasteiger partial charge on any atom is 0.413 e. The molecule has 0 aliphatic carbocycles. The van der Waals surface area contributed by atoms with Crippen LogP contribution in [0.2, 0.25) is 0 Å². The number of nitrogens with zero attached hydrogens (tertiary/aromatic N) is 2. The topological polar surface area (TPSA) is 81.5 Å². The van der Waals surface area contributed by atoms with E-state index in [4.69, 9.17) is 0 Å². The lowest BCUT2D eigenvalue weighted by Crippen LogP contribution is -2.45. The van der Waals surface area contributed by atoms with Gasteiger partial charge in [0.25, 0.3) is 5.71 Å². The summed E-state index contributed by atoms with van der Waals surface area (Å²) in [5, 5.41) is 5.62. The zero-order valence-corrected chi connectivity index (χ0v) is 14.5. The summed E-state index contributed by atoms with van der Waals surface area (Å²) in [5.41, 5.74) is 3.42. The molecule has 2 N–H and O–H groups in total. The van der Waals surface area contributed by atoms with Gasteiger partial charge in [-0.15, -0.1) is 0 Å². The second-order valence-electron chi connectivity index (χ2n) is 6.70. The van der Waals surface area contributed by atoms with Crippen molar-refractivity contribution in [1.82, 2.24) is 10.6 Å². The molecule has 7 heteroatoms. The van der Waals surface area contributed by atoms with Crippen LogP contribution in [0.15, 0.2) is 30.3 Å². The number of hydrogen-bond acceptors (Lipinski definition) is 5. The molecular formula is C19H21N4O3+. The summed E-state index contributed by atoms with van der Waals surface area (Å²) >= 11 is 0. The number of hydrogen-bond donors (Lipinski definition) is 2. The Morgan fingerprint density at radius 3 is 2.38 bits per heavy atom. The van der Waals surface area contributed by atoms with Crippen molar-refractivity contribution >= 4 is 34.7 Å². The Hall–Kier alpha value is -2.80. The van der Waals surface area contributed by atoms with Gasteiger partial charge in [-0.2, -0.15) is 4.58 Å². The second kappa shape index (κ2) is 6.84. The summed E-state index contributed by atoms with van der Waals surface area (Å²) in [6.07, 6.45) is 2.12. The van der Waals surface area contributed by atoms with Crippen molar-refractivity contribution in [3.8, 4) is 0 Å². The lowest BCUT2D eigenvalue weighted by molar-refractivity contribution is -0.426.